The third kappa shape index (κ3) is 5.37. The molecule has 2 N–H and O–H groups in total. The largest absolute Gasteiger partial charge is 0.381 e. The molecule has 0 aliphatic carbocycles. The van der Waals surface area contributed by atoms with E-state index in [2.05, 4.69) is 29.5 Å². The maximum atomic E-state index is 12.7. The second-order valence-corrected chi connectivity index (χ2v) is 8.15. The number of rotatable bonds is 6. The van der Waals surface area contributed by atoms with Gasteiger partial charge in [-0.15, -0.1) is 0 Å². The molecule has 1 saturated heterocycles. The van der Waals surface area contributed by atoms with Crippen molar-refractivity contribution in [3.05, 3.63) is 51.6 Å². The highest BCUT2D eigenvalue weighted by molar-refractivity contribution is 6.42. The molecule has 0 atom stereocenters. The first-order valence-electron chi connectivity index (χ1n) is 9.52. The van der Waals surface area contributed by atoms with E-state index in [0.717, 1.165) is 37.3 Å². The molecule has 1 aliphatic rings. The van der Waals surface area contributed by atoms with Crippen molar-refractivity contribution in [2.45, 2.75) is 32.6 Å². The Hall–Kier alpha value is -1.82. The van der Waals surface area contributed by atoms with E-state index >= 15 is 0 Å². The molecule has 1 aromatic carbocycles. The number of anilines is 2. The number of carbonyl (C=O) groups excluding carboxylic acids is 1. The first-order chi connectivity index (χ1) is 13.4. The summed E-state index contributed by atoms with van der Waals surface area (Å²) in [5.74, 6) is 1.23. The number of carbonyl (C=O) groups is 1. The minimum absolute atomic E-state index is 0.0798. The summed E-state index contributed by atoms with van der Waals surface area (Å²) in [4.78, 5) is 17.1. The Morgan fingerprint density at radius 3 is 2.64 bits per heavy atom. The zero-order valence-corrected chi connectivity index (χ0v) is 17.6. The van der Waals surface area contributed by atoms with Gasteiger partial charge >= 0.3 is 0 Å². The average molecular weight is 422 g/mol. The van der Waals surface area contributed by atoms with E-state index in [1.807, 2.05) is 12.1 Å². The van der Waals surface area contributed by atoms with E-state index in [9.17, 15) is 4.79 Å². The fourth-order valence-electron chi connectivity index (χ4n) is 3.21. The molecule has 0 unspecified atom stereocenters. The van der Waals surface area contributed by atoms with E-state index < -0.39 is 0 Å². The number of halogens is 2. The summed E-state index contributed by atoms with van der Waals surface area (Å²) in [6.07, 6.45) is 3.61. The Bertz CT molecular complexity index is 836. The number of hydrogen-bond donors (Lipinski definition) is 2. The van der Waals surface area contributed by atoms with Crippen molar-refractivity contribution in [1.29, 1.82) is 0 Å². The summed E-state index contributed by atoms with van der Waals surface area (Å²) >= 11 is 12.0. The summed E-state index contributed by atoms with van der Waals surface area (Å²) in [6, 6.07) is 7.22. The summed E-state index contributed by atoms with van der Waals surface area (Å²) in [7, 11) is 0. The molecule has 5 nitrogen and oxygen atoms in total. The van der Waals surface area contributed by atoms with Gasteiger partial charge in [0, 0.05) is 31.6 Å². The van der Waals surface area contributed by atoms with Crippen LogP contribution in [0.3, 0.4) is 0 Å². The molecular weight excluding hydrogens is 397 g/mol. The third-order valence-electron chi connectivity index (χ3n) is 4.89. The minimum atomic E-state index is -0.0798. The van der Waals surface area contributed by atoms with E-state index in [-0.39, 0.29) is 11.8 Å². The summed E-state index contributed by atoms with van der Waals surface area (Å²) < 4.78 is 5.37. The molecule has 3 rings (SSSR count). The minimum Gasteiger partial charge on any atom is -0.381 e. The van der Waals surface area contributed by atoms with Crippen LogP contribution in [0.5, 0.6) is 0 Å². The number of hydrogen-bond acceptors (Lipinski definition) is 4. The van der Waals surface area contributed by atoms with Crippen LogP contribution >= 0.6 is 23.2 Å². The second-order valence-electron chi connectivity index (χ2n) is 7.33. The Morgan fingerprint density at radius 1 is 1.21 bits per heavy atom. The van der Waals surface area contributed by atoms with Crippen LogP contribution in [0.1, 0.15) is 48.5 Å². The molecule has 1 fully saturated rings. The third-order valence-corrected chi connectivity index (χ3v) is 5.63. The van der Waals surface area contributed by atoms with Gasteiger partial charge in [-0.05, 0) is 54.5 Å². The standard InChI is InChI=1S/C21H25Cl2N3O2/c1-13(2)16-10-20(26-15-3-4-18(22)19(23)9-15)24-12-17(16)21(27)25-11-14-5-7-28-8-6-14/h3-4,9-10,12-14H,5-8,11H2,1-2H3,(H,24,26)(H,25,27). The van der Waals surface area contributed by atoms with Crippen molar-refractivity contribution in [3.63, 3.8) is 0 Å². The topological polar surface area (TPSA) is 63.2 Å². The lowest BCUT2D eigenvalue weighted by molar-refractivity contribution is 0.0642. The number of aromatic nitrogens is 1. The molecule has 2 aromatic rings. The normalized spacial score (nSPS) is 14.9. The van der Waals surface area contributed by atoms with E-state index in [1.54, 1.807) is 18.3 Å². The van der Waals surface area contributed by atoms with Crippen LogP contribution in [0.25, 0.3) is 0 Å². The predicted molar refractivity (Wildman–Crippen MR) is 114 cm³/mol. The first-order valence-corrected chi connectivity index (χ1v) is 10.3. The fraction of sp³-hybridized carbons (Fsp3) is 0.429. The molecule has 1 amide bonds. The lowest BCUT2D eigenvalue weighted by atomic mass is 9.97. The number of pyridine rings is 1. The molecule has 1 aliphatic heterocycles. The monoisotopic (exact) mass is 421 g/mol. The Kier molecular flexibility index (Phi) is 7.16. The van der Waals surface area contributed by atoms with Crippen LogP contribution in [0.15, 0.2) is 30.5 Å². The molecule has 0 radical (unpaired) electrons. The molecule has 28 heavy (non-hydrogen) atoms. The predicted octanol–water partition coefficient (Wildman–Crippen LogP) is 5.41. The van der Waals surface area contributed by atoms with Crippen LogP contribution in [-0.4, -0.2) is 30.6 Å². The van der Waals surface area contributed by atoms with Crippen LogP contribution in [0.4, 0.5) is 11.5 Å². The van der Waals surface area contributed by atoms with Crippen LogP contribution in [-0.2, 0) is 4.74 Å². The second kappa shape index (κ2) is 9.59. The number of nitrogens with zero attached hydrogens (tertiary/aromatic N) is 1. The molecule has 0 bridgehead atoms. The highest BCUT2D eigenvalue weighted by atomic mass is 35.5. The average Bonchev–Trinajstić information content (AvgIpc) is 2.69. The summed E-state index contributed by atoms with van der Waals surface area (Å²) in [5, 5.41) is 7.25. The van der Waals surface area contributed by atoms with Gasteiger partial charge < -0.3 is 15.4 Å². The highest BCUT2D eigenvalue weighted by Gasteiger charge is 2.19. The quantitative estimate of drug-likeness (QED) is 0.653. The number of nitrogens with one attached hydrogen (secondary N) is 2. The van der Waals surface area contributed by atoms with Crippen molar-refractivity contribution in [2.75, 3.05) is 25.1 Å². The molecular formula is C21H25Cl2N3O2. The highest BCUT2D eigenvalue weighted by Crippen LogP contribution is 2.28. The van der Waals surface area contributed by atoms with Gasteiger partial charge in [0.25, 0.3) is 5.91 Å². The SMILES string of the molecule is CC(C)c1cc(Nc2ccc(Cl)c(Cl)c2)ncc1C(=O)NCC1CCOCC1. The van der Waals surface area contributed by atoms with Crippen molar-refractivity contribution in [1.82, 2.24) is 10.3 Å². The van der Waals surface area contributed by atoms with Crippen LogP contribution in [0.2, 0.25) is 10.0 Å². The van der Waals surface area contributed by atoms with Gasteiger partial charge in [0.1, 0.15) is 5.82 Å². The zero-order chi connectivity index (χ0) is 20.1. The maximum absolute atomic E-state index is 12.7. The zero-order valence-electron chi connectivity index (χ0n) is 16.1. The summed E-state index contributed by atoms with van der Waals surface area (Å²) in [6.45, 7) is 6.34. The molecule has 2 heterocycles. The van der Waals surface area contributed by atoms with Gasteiger partial charge in [-0.25, -0.2) is 4.98 Å². The number of benzene rings is 1. The first kappa shape index (κ1) is 20.9. The Labute approximate surface area is 175 Å². The Balaban J connectivity index is 1.72. The molecule has 0 spiro atoms. The van der Waals surface area contributed by atoms with Crippen molar-refractivity contribution >= 4 is 40.6 Å². The van der Waals surface area contributed by atoms with E-state index in [0.29, 0.717) is 33.9 Å². The lowest BCUT2D eigenvalue weighted by Gasteiger charge is -2.22. The molecule has 1 aromatic heterocycles. The van der Waals surface area contributed by atoms with Gasteiger partial charge in [-0.3, -0.25) is 4.79 Å². The van der Waals surface area contributed by atoms with Crippen LogP contribution in [0, 0.1) is 5.92 Å². The lowest BCUT2D eigenvalue weighted by Crippen LogP contribution is -2.32. The maximum Gasteiger partial charge on any atom is 0.253 e. The van der Waals surface area contributed by atoms with Gasteiger partial charge in [-0.2, -0.15) is 0 Å². The van der Waals surface area contributed by atoms with E-state index in [1.165, 1.54) is 0 Å². The van der Waals surface area contributed by atoms with Crippen molar-refractivity contribution in [3.8, 4) is 0 Å². The summed E-state index contributed by atoms with van der Waals surface area (Å²) in [5.41, 5.74) is 2.34. The number of ether oxygens (including phenoxy) is 1. The molecule has 7 heteroatoms. The van der Waals surface area contributed by atoms with E-state index in [4.69, 9.17) is 27.9 Å². The van der Waals surface area contributed by atoms with Crippen LogP contribution < -0.4 is 10.6 Å². The Morgan fingerprint density at radius 2 is 1.96 bits per heavy atom. The van der Waals surface area contributed by atoms with Crippen molar-refractivity contribution in [2.24, 2.45) is 5.92 Å². The van der Waals surface area contributed by atoms with Gasteiger partial charge in [0.15, 0.2) is 0 Å². The molecule has 0 saturated carbocycles. The van der Waals surface area contributed by atoms with Gasteiger partial charge in [-0.1, -0.05) is 37.0 Å². The molecule has 150 valence electrons. The number of amides is 1. The van der Waals surface area contributed by atoms with Gasteiger partial charge in [0.05, 0.1) is 15.6 Å². The van der Waals surface area contributed by atoms with Crippen molar-refractivity contribution < 1.29 is 9.53 Å². The fourth-order valence-corrected chi connectivity index (χ4v) is 3.51. The smallest absolute Gasteiger partial charge is 0.253 e. The van der Waals surface area contributed by atoms with Gasteiger partial charge in [0.2, 0.25) is 0 Å².